The number of fused-ring (bicyclic) bond motifs is 1. The highest BCUT2D eigenvalue weighted by Gasteiger charge is 2.19. The third-order valence-corrected chi connectivity index (χ3v) is 4.80. The number of hydrogen-bond acceptors (Lipinski definition) is 5. The Balaban J connectivity index is 1.92. The summed E-state index contributed by atoms with van der Waals surface area (Å²) in [5, 5.41) is 10.9. The van der Waals surface area contributed by atoms with Gasteiger partial charge in [0, 0.05) is 25.2 Å². The SMILES string of the molecule is C=CCn1c(=O)c2c(ncn2Cc2ccc([N+](=O)[O-])cc2)n(-c2ccc(F)cc2)c1=O. The van der Waals surface area contributed by atoms with Crippen LogP contribution < -0.4 is 11.2 Å². The average molecular weight is 421 g/mol. The summed E-state index contributed by atoms with van der Waals surface area (Å²) >= 11 is 0. The van der Waals surface area contributed by atoms with E-state index in [-0.39, 0.29) is 29.9 Å². The van der Waals surface area contributed by atoms with Crippen molar-refractivity contribution in [3.63, 3.8) is 0 Å². The third kappa shape index (κ3) is 3.54. The van der Waals surface area contributed by atoms with Gasteiger partial charge in [-0.3, -0.25) is 19.5 Å². The lowest BCUT2D eigenvalue weighted by Gasteiger charge is -2.12. The summed E-state index contributed by atoms with van der Waals surface area (Å²) in [7, 11) is 0. The minimum atomic E-state index is -0.621. The standard InChI is InChI=1S/C21H16FN5O4/c1-2-11-25-20(28)18-19(26(21(25)29)16-9-5-15(22)6-10-16)23-13-24(18)12-14-3-7-17(8-4-14)27(30)31/h2-10,13H,1,11-12H2. The fourth-order valence-corrected chi connectivity index (χ4v) is 3.33. The van der Waals surface area contributed by atoms with Crippen molar-refractivity contribution >= 4 is 16.9 Å². The summed E-state index contributed by atoms with van der Waals surface area (Å²) in [6.07, 6.45) is 2.85. The molecule has 0 aliphatic rings. The molecule has 0 bridgehead atoms. The van der Waals surface area contributed by atoms with E-state index in [1.54, 1.807) is 16.7 Å². The predicted molar refractivity (Wildman–Crippen MR) is 112 cm³/mol. The van der Waals surface area contributed by atoms with Crippen molar-refractivity contribution in [3.8, 4) is 5.69 Å². The molecule has 10 heteroatoms. The Bertz CT molecular complexity index is 1420. The minimum Gasteiger partial charge on any atom is -0.320 e. The number of nitrogens with zero attached hydrogens (tertiary/aromatic N) is 5. The first kappa shape index (κ1) is 20.0. The zero-order valence-electron chi connectivity index (χ0n) is 16.1. The Morgan fingerprint density at radius 2 is 1.77 bits per heavy atom. The molecule has 0 saturated heterocycles. The molecule has 9 nitrogen and oxygen atoms in total. The largest absolute Gasteiger partial charge is 0.337 e. The number of rotatable bonds is 6. The summed E-state index contributed by atoms with van der Waals surface area (Å²) in [4.78, 5) is 40.7. The first-order valence-electron chi connectivity index (χ1n) is 9.21. The number of benzene rings is 2. The van der Waals surface area contributed by atoms with E-state index in [0.29, 0.717) is 11.3 Å². The van der Waals surface area contributed by atoms with Gasteiger partial charge in [-0.25, -0.2) is 18.7 Å². The second-order valence-corrected chi connectivity index (χ2v) is 6.77. The van der Waals surface area contributed by atoms with Gasteiger partial charge in [-0.2, -0.15) is 0 Å². The molecule has 0 aliphatic heterocycles. The van der Waals surface area contributed by atoms with Gasteiger partial charge in [0.25, 0.3) is 11.2 Å². The maximum Gasteiger partial charge on any atom is 0.337 e. The van der Waals surface area contributed by atoms with Crippen LogP contribution in [0, 0.1) is 15.9 Å². The zero-order chi connectivity index (χ0) is 22.1. The van der Waals surface area contributed by atoms with E-state index in [4.69, 9.17) is 0 Å². The number of hydrogen-bond donors (Lipinski definition) is 0. The molecule has 0 aliphatic carbocycles. The van der Waals surface area contributed by atoms with Crippen molar-refractivity contribution in [2.45, 2.75) is 13.1 Å². The molecule has 0 spiro atoms. The first-order chi connectivity index (χ1) is 14.9. The number of nitro benzene ring substituents is 1. The fraction of sp³-hybridized carbons (Fsp3) is 0.0952. The Labute approximate surface area is 174 Å². The molecule has 4 aromatic rings. The molecular formula is C21H16FN5O4. The maximum absolute atomic E-state index is 13.4. The van der Waals surface area contributed by atoms with Gasteiger partial charge in [0.1, 0.15) is 5.82 Å². The summed E-state index contributed by atoms with van der Waals surface area (Å²) in [6.45, 7) is 3.79. The Hall–Kier alpha value is -4.34. The van der Waals surface area contributed by atoms with Crippen molar-refractivity contribution in [3.05, 3.63) is 110 Å². The van der Waals surface area contributed by atoms with Gasteiger partial charge in [-0.1, -0.05) is 18.2 Å². The van der Waals surface area contributed by atoms with Gasteiger partial charge >= 0.3 is 5.69 Å². The molecule has 156 valence electrons. The fourth-order valence-electron chi connectivity index (χ4n) is 3.33. The lowest BCUT2D eigenvalue weighted by atomic mass is 10.2. The van der Waals surface area contributed by atoms with E-state index in [9.17, 15) is 24.1 Å². The molecule has 4 rings (SSSR count). The molecule has 31 heavy (non-hydrogen) atoms. The smallest absolute Gasteiger partial charge is 0.320 e. The van der Waals surface area contributed by atoms with Gasteiger partial charge in [0.05, 0.1) is 16.9 Å². The summed E-state index contributed by atoms with van der Waals surface area (Å²) in [6, 6.07) is 11.2. The minimum absolute atomic E-state index is 0.0164. The molecule has 0 N–H and O–H groups in total. The third-order valence-electron chi connectivity index (χ3n) is 4.80. The highest BCUT2D eigenvalue weighted by molar-refractivity contribution is 5.72. The second-order valence-electron chi connectivity index (χ2n) is 6.77. The highest BCUT2D eigenvalue weighted by atomic mass is 19.1. The van der Waals surface area contributed by atoms with Crippen molar-refractivity contribution in [2.24, 2.45) is 0 Å². The molecular weight excluding hydrogens is 405 g/mol. The van der Waals surface area contributed by atoms with Crippen LogP contribution in [0.25, 0.3) is 16.9 Å². The number of aromatic nitrogens is 4. The zero-order valence-corrected chi connectivity index (χ0v) is 16.1. The van der Waals surface area contributed by atoms with Crippen LogP contribution in [0.15, 0.2) is 77.1 Å². The summed E-state index contributed by atoms with van der Waals surface area (Å²) in [5.41, 5.74) is 0.154. The van der Waals surface area contributed by atoms with Crippen molar-refractivity contribution in [2.75, 3.05) is 0 Å². The van der Waals surface area contributed by atoms with Gasteiger partial charge in [-0.05, 0) is 29.8 Å². The van der Waals surface area contributed by atoms with Crippen LogP contribution in [-0.2, 0) is 13.1 Å². The van der Waals surface area contributed by atoms with Crippen LogP contribution in [0.4, 0.5) is 10.1 Å². The molecule has 2 aromatic heterocycles. The molecule has 0 fully saturated rings. The summed E-state index contributed by atoms with van der Waals surface area (Å²) < 4.78 is 17.2. The monoisotopic (exact) mass is 421 g/mol. The van der Waals surface area contributed by atoms with Crippen molar-refractivity contribution in [1.29, 1.82) is 0 Å². The lowest BCUT2D eigenvalue weighted by Crippen LogP contribution is -2.39. The van der Waals surface area contributed by atoms with Gasteiger partial charge in [-0.15, -0.1) is 6.58 Å². The van der Waals surface area contributed by atoms with Crippen molar-refractivity contribution < 1.29 is 9.31 Å². The van der Waals surface area contributed by atoms with E-state index < -0.39 is 22.0 Å². The van der Waals surface area contributed by atoms with E-state index in [2.05, 4.69) is 11.6 Å². The van der Waals surface area contributed by atoms with E-state index in [1.807, 2.05) is 0 Å². The molecule has 2 heterocycles. The van der Waals surface area contributed by atoms with E-state index >= 15 is 0 Å². The number of allylic oxidation sites excluding steroid dienone is 1. The van der Waals surface area contributed by atoms with Crippen LogP contribution in [-0.4, -0.2) is 23.6 Å². The number of imidazole rings is 1. The Morgan fingerprint density at radius 1 is 1.10 bits per heavy atom. The molecule has 0 saturated carbocycles. The van der Waals surface area contributed by atoms with E-state index in [1.165, 1.54) is 53.4 Å². The maximum atomic E-state index is 13.4. The number of nitro groups is 1. The van der Waals surface area contributed by atoms with Gasteiger partial charge in [0.2, 0.25) is 0 Å². The Morgan fingerprint density at radius 3 is 2.39 bits per heavy atom. The number of non-ortho nitro benzene ring substituents is 1. The van der Waals surface area contributed by atoms with Crippen LogP contribution >= 0.6 is 0 Å². The Kier molecular flexibility index (Phi) is 5.04. The summed E-state index contributed by atoms with van der Waals surface area (Å²) in [5.74, 6) is -0.462. The second kappa shape index (κ2) is 7.82. The quantitative estimate of drug-likeness (QED) is 0.270. The highest BCUT2D eigenvalue weighted by Crippen LogP contribution is 2.17. The molecule has 2 aromatic carbocycles. The van der Waals surface area contributed by atoms with Gasteiger partial charge in [0.15, 0.2) is 11.2 Å². The number of halogens is 1. The molecule has 0 atom stereocenters. The average Bonchev–Trinajstić information content (AvgIpc) is 3.16. The van der Waals surface area contributed by atoms with Crippen LogP contribution in [0.3, 0.4) is 0 Å². The van der Waals surface area contributed by atoms with Crippen LogP contribution in [0.1, 0.15) is 5.56 Å². The molecule has 0 radical (unpaired) electrons. The van der Waals surface area contributed by atoms with Crippen LogP contribution in [0.5, 0.6) is 0 Å². The predicted octanol–water partition coefficient (Wildman–Crippen LogP) is 2.63. The van der Waals surface area contributed by atoms with Crippen LogP contribution in [0.2, 0.25) is 0 Å². The molecule has 0 amide bonds. The first-order valence-corrected chi connectivity index (χ1v) is 9.21. The topological polar surface area (TPSA) is 105 Å². The molecule has 0 unspecified atom stereocenters. The van der Waals surface area contributed by atoms with Crippen molar-refractivity contribution in [1.82, 2.24) is 18.7 Å². The van der Waals surface area contributed by atoms with E-state index in [0.717, 1.165) is 4.57 Å². The normalized spacial score (nSPS) is 11.0. The lowest BCUT2D eigenvalue weighted by molar-refractivity contribution is -0.384. The van der Waals surface area contributed by atoms with Gasteiger partial charge < -0.3 is 4.57 Å².